The Morgan fingerprint density at radius 2 is 1.73 bits per heavy atom. The van der Waals surface area contributed by atoms with E-state index >= 15 is 0 Å². The summed E-state index contributed by atoms with van der Waals surface area (Å²) in [7, 11) is 1.44. The highest BCUT2D eigenvalue weighted by molar-refractivity contribution is 7.89. The van der Waals surface area contributed by atoms with Crippen molar-refractivity contribution >= 4 is 27.8 Å². The first-order valence-corrected chi connectivity index (χ1v) is 14.4. The maximum Gasteiger partial charge on any atom is 0.328 e. The number of nitrogens with zero attached hydrogens (tertiary/aromatic N) is 3. The Morgan fingerprint density at radius 3 is 2.32 bits per heavy atom. The predicted molar refractivity (Wildman–Crippen MR) is 139 cm³/mol. The van der Waals surface area contributed by atoms with Crippen LogP contribution in [0.15, 0.2) is 29.2 Å². The van der Waals surface area contributed by atoms with E-state index in [9.17, 15) is 22.8 Å². The normalized spacial score (nSPS) is 20.1. The summed E-state index contributed by atoms with van der Waals surface area (Å²) >= 11 is 0. The van der Waals surface area contributed by atoms with E-state index < -0.39 is 34.0 Å². The third-order valence-electron chi connectivity index (χ3n) is 7.17. The maximum atomic E-state index is 13.2. The minimum absolute atomic E-state index is 0.0594. The van der Waals surface area contributed by atoms with E-state index in [1.165, 1.54) is 23.5 Å². The molecule has 2 aliphatic heterocycles. The van der Waals surface area contributed by atoms with E-state index in [1.54, 1.807) is 12.1 Å². The van der Waals surface area contributed by atoms with E-state index in [-0.39, 0.29) is 30.2 Å². The monoisotopic (exact) mass is 536 g/mol. The molecule has 3 rings (SSSR count). The number of amides is 2. The van der Waals surface area contributed by atoms with E-state index in [0.717, 1.165) is 24.9 Å². The highest BCUT2D eigenvalue weighted by Gasteiger charge is 2.40. The molecule has 0 radical (unpaired) electrons. The summed E-state index contributed by atoms with van der Waals surface area (Å²) in [6.07, 6.45) is 2.95. The molecule has 0 saturated carbocycles. The minimum Gasteiger partial charge on any atom is -0.467 e. The van der Waals surface area contributed by atoms with Gasteiger partial charge in [0.15, 0.2) is 0 Å². The van der Waals surface area contributed by atoms with Gasteiger partial charge in [0.05, 0.1) is 12.0 Å². The fraction of sp³-hybridized carbons (Fsp3) is 0.654. The quantitative estimate of drug-likeness (QED) is 0.449. The minimum atomic E-state index is -3.87. The highest BCUT2D eigenvalue weighted by atomic mass is 32.2. The van der Waals surface area contributed by atoms with Gasteiger partial charge in [0.1, 0.15) is 12.1 Å². The second kappa shape index (κ2) is 12.8. The number of hydrogen-bond donors (Lipinski definition) is 1. The number of piperidine rings is 1. The first-order chi connectivity index (χ1) is 17.5. The number of hydrogen-bond acceptors (Lipinski definition) is 7. The van der Waals surface area contributed by atoms with Crippen molar-refractivity contribution in [2.45, 2.75) is 62.4 Å². The predicted octanol–water partition coefficient (Wildman–Crippen LogP) is 1.39. The van der Waals surface area contributed by atoms with Gasteiger partial charge in [0, 0.05) is 32.6 Å². The summed E-state index contributed by atoms with van der Waals surface area (Å²) in [6.45, 7) is 4.45. The molecule has 37 heavy (non-hydrogen) atoms. The van der Waals surface area contributed by atoms with Crippen molar-refractivity contribution in [1.82, 2.24) is 19.4 Å². The molecule has 0 spiro atoms. The summed E-state index contributed by atoms with van der Waals surface area (Å²) in [5.41, 5.74) is 0.933. The SMILES string of the molecule is COC(=O)[C@H](CCC(=O)N1CCC(CN(C)C)CC1)NC(=O)[C@@H]1CCCN1S(=O)(=O)c1ccc(C)cc1. The van der Waals surface area contributed by atoms with Crippen LogP contribution in [0.2, 0.25) is 0 Å². The number of carbonyl (C=O) groups excluding carboxylic acids is 3. The van der Waals surface area contributed by atoms with Crippen molar-refractivity contribution in [2.75, 3.05) is 47.4 Å². The van der Waals surface area contributed by atoms with Crippen LogP contribution in [0, 0.1) is 12.8 Å². The topological polar surface area (TPSA) is 116 Å². The molecule has 10 nitrogen and oxygen atoms in total. The number of sulfonamides is 1. The molecule has 0 aromatic heterocycles. The number of aryl methyl sites for hydroxylation is 1. The van der Waals surface area contributed by atoms with Gasteiger partial charge < -0.3 is 19.9 Å². The summed E-state index contributed by atoms with van der Waals surface area (Å²) in [5, 5.41) is 2.66. The van der Waals surface area contributed by atoms with E-state index in [1.807, 2.05) is 25.9 Å². The third kappa shape index (κ3) is 7.52. The van der Waals surface area contributed by atoms with Crippen molar-refractivity contribution in [1.29, 1.82) is 0 Å². The average Bonchev–Trinajstić information content (AvgIpc) is 3.37. The van der Waals surface area contributed by atoms with Crippen molar-refractivity contribution < 1.29 is 27.5 Å². The first kappa shape index (κ1) is 29.1. The van der Waals surface area contributed by atoms with Crippen LogP contribution in [0.1, 0.15) is 44.1 Å². The Balaban J connectivity index is 1.60. The lowest BCUT2D eigenvalue weighted by atomic mass is 9.96. The van der Waals surface area contributed by atoms with E-state index in [0.29, 0.717) is 31.8 Å². The van der Waals surface area contributed by atoms with Gasteiger partial charge in [0.25, 0.3) is 0 Å². The Labute approximate surface area is 220 Å². The van der Waals surface area contributed by atoms with Crippen molar-refractivity contribution in [3.63, 3.8) is 0 Å². The first-order valence-electron chi connectivity index (χ1n) is 12.9. The largest absolute Gasteiger partial charge is 0.467 e. The Morgan fingerprint density at radius 1 is 1.08 bits per heavy atom. The molecule has 1 N–H and O–H groups in total. The molecule has 0 unspecified atom stereocenters. The standard InChI is InChI=1S/C26H40N4O6S/c1-19-7-9-21(10-8-19)37(34,35)30-15-5-6-23(30)25(32)27-22(26(33)36-4)11-12-24(31)29-16-13-20(14-17-29)18-28(2)3/h7-10,20,22-23H,5-6,11-18H2,1-4H3,(H,27,32)/t22-,23-/m0/s1. The molecule has 0 bridgehead atoms. The molecular weight excluding hydrogens is 496 g/mol. The number of nitrogens with one attached hydrogen (secondary N) is 1. The van der Waals surface area contributed by atoms with Crippen LogP contribution in [-0.2, 0) is 29.1 Å². The van der Waals surface area contributed by atoms with Crippen molar-refractivity contribution in [2.24, 2.45) is 5.92 Å². The fourth-order valence-electron chi connectivity index (χ4n) is 5.10. The molecule has 2 fully saturated rings. The van der Waals surface area contributed by atoms with Gasteiger partial charge in [-0.1, -0.05) is 17.7 Å². The Hall–Kier alpha value is -2.50. The van der Waals surface area contributed by atoms with Crippen LogP contribution in [0.3, 0.4) is 0 Å². The van der Waals surface area contributed by atoms with Crippen LogP contribution >= 0.6 is 0 Å². The molecule has 1 aromatic carbocycles. The number of likely N-dealkylation sites (tertiary alicyclic amines) is 1. The molecule has 2 aliphatic rings. The second-order valence-electron chi connectivity index (χ2n) is 10.3. The van der Waals surface area contributed by atoms with E-state index in [2.05, 4.69) is 10.2 Å². The van der Waals surface area contributed by atoms with Crippen LogP contribution in [0.4, 0.5) is 0 Å². The number of benzene rings is 1. The fourth-order valence-corrected chi connectivity index (χ4v) is 6.76. The van der Waals surface area contributed by atoms with E-state index in [4.69, 9.17) is 4.74 Å². The number of rotatable bonds is 10. The molecule has 1 aromatic rings. The van der Waals surface area contributed by atoms with Gasteiger partial charge in [-0.2, -0.15) is 4.31 Å². The molecule has 2 atom stereocenters. The van der Waals surface area contributed by atoms with Crippen molar-refractivity contribution in [3.05, 3.63) is 29.8 Å². The number of ether oxygens (including phenoxy) is 1. The summed E-state index contributed by atoms with van der Waals surface area (Å²) in [5.74, 6) is -0.708. The zero-order valence-electron chi connectivity index (χ0n) is 22.3. The second-order valence-corrected chi connectivity index (χ2v) is 12.2. The molecule has 2 amide bonds. The Bertz CT molecular complexity index is 1050. The van der Waals surface area contributed by atoms with Gasteiger partial charge in [-0.25, -0.2) is 13.2 Å². The van der Waals surface area contributed by atoms with Gasteiger partial charge in [-0.3, -0.25) is 9.59 Å². The van der Waals surface area contributed by atoms with Crippen molar-refractivity contribution in [3.8, 4) is 0 Å². The summed E-state index contributed by atoms with van der Waals surface area (Å²) in [6, 6.07) is 4.54. The summed E-state index contributed by atoms with van der Waals surface area (Å²) in [4.78, 5) is 42.5. The van der Waals surface area contributed by atoms with Gasteiger partial charge >= 0.3 is 5.97 Å². The molecule has 0 aliphatic carbocycles. The van der Waals surface area contributed by atoms with Crippen LogP contribution in [-0.4, -0.2) is 99.8 Å². The van der Waals surface area contributed by atoms with Gasteiger partial charge in [-0.05, 0) is 71.2 Å². The summed E-state index contributed by atoms with van der Waals surface area (Å²) < 4.78 is 32.5. The Kier molecular flexibility index (Phi) is 10.1. The highest BCUT2D eigenvalue weighted by Crippen LogP contribution is 2.27. The molecule has 2 heterocycles. The maximum absolute atomic E-state index is 13.2. The van der Waals surface area contributed by atoms with Crippen LogP contribution < -0.4 is 5.32 Å². The third-order valence-corrected chi connectivity index (χ3v) is 9.10. The van der Waals surface area contributed by atoms with Crippen LogP contribution in [0.25, 0.3) is 0 Å². The number of esters is 1. The number of methoxy groups -OCH3 is 1. The molecular formula is C26H40N4O6S. The van der Waals surface area contributed by atoms with Gasteiger partial charge in [0.2, 0.25) is 21.8 Å². The average molecular weight is 537 g/mol. The lowest BCUT2D eigenvalue weighted by molar-refractivity contribution is -0.146. The van der Waals surface area contributed by atoms with Crippen LogP contribution in [0.5, 0.6) is 0 Å². The lowest BCUT2D eigenvalue weighted by Gasteiger charge is -2.33. The lowest BCUT2D eigenvalue weighted by Crippen LogP contribution is -2.51. The smallest absolute Gasteiger partial charge is 0.328 e. The number of carbonyl (C=O) groups is 3. The van der Waals surface area contributed by atoms with Gasteiger partial charge in [-0.15, -0.1) is 0 Å². The zero-order valence-corrected chi connectivity index (χ0v) is 23.1. The molecule has 11 heteroatoms. The zero-order chi connectivity index (χ0) is 27.2. The molecule has 206 valence electrons. The molecule has 2 saturated heterocycles.